The van der Waals surface area contributed by atoms with Crippen LogP contribution in [0.1, 0.15) is 20.7 Å². The molecule has 0 spiro atoms. The molecule has 0 atom stereocenters. The van der Waals surface area contributed by atoms with Crippen molar-refractivity contribution in [3.63, 3.8) is 0 Å². The van der Waals surface area contributed by atoms with Gasteiger partial charge in [-0.3, -0.25) is 29.8 Å². The fraction of sp³-hybridized carbons (Fsp3) is 0. The van der Waals surface area contributed by atoms with Gasteiger partial charge in [-0.1, -0.05) is 0 Å². The van der Waals surface area contributed by atoms with Gasteiger partial charge in [-0.25, -0.2) is 0 Å². The van der Waals surface area contributed by atoms with E-state index >= 15 is 0 Å². The van der Waals surface area contributed by atoms with Crippen LogP contribution in [0.25, 0.3) is 0 Å². The second-order valence-electron chi connectivity index (χ2n) is 4.88. The average Bonchev–Trinajstić information content (AvgIpc) is 2.53. The predicted molar refractivity (Wildman–Crippen MR) is 82.1 cm³/mol. The maximum absolute atomic E-state index is 12.3. The van der Waals surface area contributed by atoms with Gasteiger partial charge in [0.25, 0.3) is 23.2 Å². The minimum Gasteiger partial charge on any atom is -0.321 e. The first-order valence-corrected chi connectivity index (χ1v) is 6.56. The molecule has 2 amide bonds. The number of nitro groups is 2. The minimum atomic E-state index is -0.677. The number of carbonyl (C=O) groups is 2. The molecule has 10 heteroatoms. The number of benzene rings is 2. The van der Waals surface area contributed by atoms with Crippen LogP contribution in [-0.4, -0.2) is 21.7 Å². The lowest BCUT2D eigenvalue weighted by Gasteiger charge is -2.17. The van der Waals surface area contributed by atoms with Crippen molar-refractivity contribution in [3.8, 4) is 0 Å². The Hall–Kier alpha value is -3.82. The largest absolute Gasteiger partial charge is 0.321 e. The lowest BCUT2D eigenvalue weighted by atomic mass is 10.1. The van der Waals surface area contributed by atoms with E-state index in [-0.39, 0.29) is 33.9 Å². The van der Waals surface area contributed by atoms with E-state index in [1.807, 2.05) is 0 Å². The normalized spacial score (nSPS) is 12.8. The highest BCUT2D eigenvalue weighted by molar-refractivity contribution is 6.18. The molecule has 120 valence electrons. The summed E-state index contributed by atoms with van der Waals surface area (Å²) >= 11 is 0. The monoisotopic (exact) mass is 328 g/mol. The average molecular weight is 328 g/mol. The Morgan fingerprint density at radius 3 is 1.42 bits per heavy atom. The summed E-state index contributed by atoms with van der Waals surface area (Å²) < 4.78 is 0. The number of nitrogens with zero attached hydrogens (tertiary/aromatic N) is 2. The topological polar surface area (TPSA) is 144 Å². The van der Waals surface area contributed by atoms with Crippen LogP contribution >= 0.6 is 0 Å². The predicted octanol–water partition coefficient (Wildman–Crippen LogP) is 2.32. The number of fused-ring (bicyclic) bond motifs is 2. The summed E-state index contributed by atoms with van der Waals surface area (Å²) in [6, 6.07) is 6.83. The zero-order chi connectivity index (χ0) is 17.4. The molecule has 0 saturated heterocycles. The first-order valence-electron chi connectivity index (χ1n) is 6.56. The number of nitrogens with one attached hydrogen (secondary N) is 2. The summed E-state index contributed by atoms with van der Waals surface area (Å²) in [4.78, 5) is 45.0. The van der Waals surface area contributed by atoms with E-state index in [2.05, 4.69) is 10.6 Å². The number of rotatable bonds is 2. The molecule has 0 saturated carbocycles. The van der Waals surface area contributed by atoms with Gasteiger partial charge in [-0.05, 0) is 12.1 Å². The van der Waals surface area contributed by atoms with Crippen molar-refractivity contribution < 1.29 is 19.4 Å². The van der Waals surface area contributed by atoms with Crippen LogP contribution in [-0.2, 0) is 0 Å². The van der Waals surface area contributed by atoms with Gasteiger partial charge < -0.3 is 10.6 Å². The number of carbonyl (C=O) groups excluding carboxylic acids is 2. The molecule has 3 rings (SSSR count). The summed E-state index contributed by atoms with van der Waals surface area (Å²) in [5, 5.41) is 26.5. The van der Waals surface area contributed by atoms with Gasteiger partial charge >= 0.3 is 0 Å². The minimum absolute atomic E-state index is 0.0697. The van der Waals surface area contributed by atoms with E-state index < -0.39 is 21.7 Å². The van der Waals surface area contributed by atoms with Crippen molar-refractivity contribution in [2.75, 3.05) is 10.6 Å². The Bertz CT molecular complexity index is 848. The molecule has 0 aliphatic carbocycles. The number of hydrogen-bond donors (Lipinski definition) is 2. The van der Waals surface area contributed by atoms with E-state index in [1.54, 1.807) is 0 Å². The second kappa shape index (κ2) is 5.43. The third-order valence-electron chi connectivity index (χ3n) is 3.41. The van der Waals surface area contributed by atoms with Crippen LogP contribution < -0.4 is 10.6 Å². The molecule has 24 heavy (non-hydrogen) atoms. The Morgan fingerprint density at radius 1 is 0.708 bits per heavy atom. The lowest BCUT2D eigenvalue weighted by Crippen LogP contribution is -2.24. The number of nitro benzene ring substituents is 2. The quantitative estimate of drug-likeness (QED) is 0.639. The standard InChI is InChI=1S/C14H8N4O6/c19-13-9-5-7(17(21)22)1-3-11(9)15-14(20)10-6-8(18(23)24)2-4-12(10)16-13/h1-6H,(H,15,20)(H,16,19). The molecule has 2 aromatic rings. The van der Waals surface area contributed by atoms with Gasteiger partial charge in [-0.2, -0.15) is 0 Å². The van der Waals surface area contributed by atoms with Crippen LogP contribution in [0.5, 0.6) is 0 Å². The van der Waals surface area contributed by atoms with Crippen molar-refractivity contribution >= 4 is 34.6 Å². The molecule has 0 radical (unpaired) electrons. The Kier molecular flexibility index (Phi) is 3.41. The first kappa shape index (κ1) is 15.1. The first-order chi connectivity index (χ1) is 11.4. The highest BCUT2D eigenvalue weighted by Crippen LogP contribution is 2.29. The van der Waals surface area contributed by atoms with Gasteiger partial charge in [0, 0.05) is 24.3 Å². The molecular formula is C14H8N4O6. The van der Waals surface area contributed by atoms with Gasteiger partial charge in [0.15, 0.2) is 0 Å². The van der Waals surface area contributed by atoms with Crippen LogP contribution in [0, 0.1) is 20.2 Å². The van der Waals surface area contributed by atoms with Crippen LogP contribution in [0.2, 0.25) is 0 Å². The maximum atomic E-state index is 12.3. The third kappa shape index (κ3) is 2.52. The van der Waals surface area contributed by atoms with Crippen molar-refractivity contribution in [2.24, 2.45) is 0 Å². The summed E-state index contributed by atoms with van der Waals surface area (Å²) in [6.45, 7) is 0. The van der Waals surface area contributed by atoms with Crippen molar-refractivity contribution in [2.45, 2.75) is 0 Å². The number of non-ortho nitro benzene ring substituents is 2. The Labute approximate surface area is 133 Å². The fourth-order valence-electron chi connectivity index (χ4n) is 2.26. The van der Waals surface area contributed by atoms with E-state index in [0.717, 1.165) is 24.3 Å². The molecule has 1 aliphatic rings. The van der Waals surface area contributed by atoms with Gasteiger partial charge in [0.05, 0.1) is 32.3 Å². The second-order valence-corrected chi connectivity index (χ2v) is 4.88. The third-order valence-corrected chi connectivity index (χ3v) is 3.41. The van der Waals surface area contributed by atoms with E-state index in [9.17, 15) is 29.8 Å². The summed E-state index contributed by atoms with van der Waals surface area (Å²) in [5.41, 5.74) is -0.631. The van der Waals surface area contributed by atoms with Crippen molar-refractivity contribution in [1.29, 1.82) is 0 Å². The molecule has 0 aromatic heterocycles. The zero-order valence-electron chi connectivity index (χ0n) is 11.8. The number of anilines is 2. The van der Waals surface area contributed by atoms with Crippen LogP contribution in [0.3, 0.4) is 0 Å². The molecule has 1 heterocycles. The Morgan fingerprint density at radius 2 is 1.08 bits per heavy atom. The Balaban J connectivity index is 2.11. The SMILES string of the molecule is O=C1Nc2ccc([N+](=O)[O-])cc2C(=O)Nc2ccc([N+](=O)[O-])cc21. The van der Waals surface area contributed by atoms with E-state index in [0.29, 0.717) is 0 Å². The molecule has 1 aliphatic heterocycles. The van der Waals surface area contributed by atoms with Gasteiger partial charge in [0.2, 0.25) is 0 Å². The van der Waals surface area contributed by atoms with Gasteiger partial charge in [-0.15, -0.1) is 0 Å². The maximum Gasteiger partial charge on any atom is 0.270 e. The van der Waals surface area contributed by atoms with Crippen molar-refractivity contribution in [3.05, 3.63) is 67.8 Å². The lowest BCUT2D eigenvalue weighted by molar-refractivity contribution is -0.385. The summed E-state index contributed by atoms with van der Waals surface area (Å²) in [6.07, 6.45) is 0. The van der Waals surface area contributed by atoms with Crippen molar-refractivity contribution in [1.82, 2.24) is 0 Å². The molecule has 0 bridgehead atoms. The highest BCUT2D eigenvalue weighted by Gasteiger charge is 2.25. The highest BCUT2D eigenvalue weighted by atomic mass is 16.6. The number of amides is 2. The molecule has 2 N–H and O–H groups in total. The van der Waals surface area contributed by atoms with Gasteiger partial charge in [0.1, 0.15) is 0 Å². The summed E-state index contributed by atoms with van der Waals surface area (Å²) in [5.74, 6) is -1.35. The fourth-order valence-corrected chi connectivity index (χ4v) is 2.26. The summed E-state index contributed by atoms with van der Waals surface area (Å²) in [7, 11) is 0. The molecular weight excluding hydrogens is 320 g/mol. The molecule has 10 nitrogen and oxygen atoms in total. The van der Waals surface area contributed by atoms with Crippen LogP contribution in [0.4, 0.5) is 22.7 Å². The molecule has 0 unspecified atom stereocenters. The molecule has 0 fully saturated rings. The number of hydrogen-bond acceptors (Lipinski definition) is 6. The van der Waals surface area contributed by atoms with E-state index in [4.69, 9.17) is 0 Å². The van der Waals surface area contributed by atoms with Crippen LogP contribution in [0.15, 0.2) is 36.4 Å². The molecule has 2 aromatic carbocycles. The van der Waals surface area contributed by atoms with E-state index in [1.165, 1.54) is 12.1 Å². The smallest absolute Gasteiger partial charge is 0.270 e. The zero-order valence-corrected chi connectivity index (χ0v) is 11.8.